The number of hydrogen-bond acceptors (Lipinski definition) is 9. The van der Waals surface area contributed by atoms with Crippen LogP contribution in [0.4, 0.5) is 0 Å². The summed E-state index contributed by atoms with van der Waals surface area (Å²) in [7, 11) is 0. The van der Waals surface area contributed by atoms with E-state index in [0.29, 0.717) is 0 Å². The highest BCUT2D eigenvalue weighted by Crippen LogP contribution is 2.34. The topological polar surface area (TPSA) is 51.6 Å². The van der Waals surface area contributed by atoms with Gasteiger partial charge in [-0.15, -0.1) is 51.9 Å². The molecule has 8 rings (SSSR count). The van der Waals surface area contributed by atoms with Crippen molar-refractivity contribution in [3.63, 3.8) is 0 Å². The van der Waals surface area contributed by atoms with E-state index in [0.717, 1.165) is 60.9 Å². The van der Waals surface area contributed by atoms with Crippen LogP contribution in [0.3, 0.4) is 0 Å². The molecule has 4 aromatic heterocycles. The first-order chi connectivity index (χ1) is 27.8. The molecule has 0 fully saturated rings. The predicted molar refractivity (Wildman–Crippen MR) is 267 cm³/mol. The van der Waals surface area contributed by atoms with Gasteiger partial charge in [-0.2, -0.15) is 12.6 Å². The fraction of sp³-hybridized carbons (Fsp3) is 0.208. The maximum Gasteiger partial charge on any atom is 0.117 e. The van der Waals surface area contributed by atoms with Crippen molar-refractivity contribution in [2.75, 3.05) is 6.26 Å². The number of allylic oxidation sites excluding steroid dienone is 3. The molecule has 294 valence electrons. The minimum Gasteiger partial charge on any atom is -0.237 e. The first kappa shape index (κ1) is 45.2. The van der Waals surface area contributed by atoms with Crippen LogP contribution in [0.2, 0.25) is 0 Å². The highest BCUT2D eigenvalue weighted by molar-refractivity contribution is 7.79. The van der Waals surface area contributed by atoms with Gasteiger partial charge in [0.05, 0.1) is 40.9 Å². The number of rotatable bonds is 8. The molecular formula is C48H52N4S5. The number of aromatic nitrogens is 4. The summed E-state index contributed by atoms with van der Waals surface area (Å²) in [5, 5.41) is 3.92. The zero-order valence-electron chi connectivity index (χ0n) is 34.1. The molecule has 57 heavy (non-hydrogen) atoms. The van der Waals surface area contributed by atoms with Crippen molar-refractivity contribution < 1.29 is 0 Å². The maximum atomic E-state index is 4.89. The maximum absolute atomic E-state index is 4.89. The fourth-order valence-corrected chi connectivity index (χ4v) is 8.76. The Labute approximate surface area is 360 Å². The highest BCUT2D eigenvalue weighted by Gasteiger charge is 2.10. The van der Waals surface area contributed by atoms with Gasteiger partial charge < -0.3 is 0 Å². The van der Waals surface area contributed by atoms with Gasteiger partial charge in [0.25, 0.3) is 0 Å². The van der Waals surface area contributed by atoms with E-state index in [1.54, 1.807) is 57.7 Å². The van der Waals surface area contributed by atoms with Crippen LogP contribution in [0.5, 0.6) is 0 Å². The van der Waals surface area contributed by atoms with Crippen molar-refractivity contribution in [3.05, 3.63) is 140 Å². The number of benzene rings is 4. The van der Waals surface area contributed by atoms with Gasteiger partial charge in [0.1, 0.15) is 20.0 Å². The highest BCUT2D eigenvalue weighted by atomic mass is 32.1. The first-order valence-electron chi connectivity index (χ1n) is 19.1. The zero-order valence-corrected chi connectivity index (χ0v) is 38.3. The number of thiol groups is 1. The molecule has 0 aliphatic rings. The second kappa shape index (κ2) is 23.7. The summed E-state index contributed by atoms with van der Waals surface area (Å²) in [6.07, 6.45) is 22.7. The Kier molecular flexibility index (Phi) is 18.8. The van der Waals surface area contributed by atoms with Crippen LogP contribution >= 0.6 is 58.0 Å². The van der Waals surface area contributed by atoms with Crippen molar-refractivity contribution in [2.24, 2.45) is 0 Å². The van der Waals surface area contributed by atoms with E-state index in [2.05, 4.69) is 168 Å². The number of nitrogens with zero attached hydrogens (tertiary/aromatic N) is 4. The van der Waals surface area contributed by atoms with Crippen LogP contribution in [-0.2, 0) is 0 Å². The molecule has 8 aromatic rings. The molecule has 0 aliphatic carbocycles. The molecule has 4 nitrogen and oxygen atoms in total. The van der Waals surface area contributed by atoms with E-state index < -0.39 is 0 Å². The third-order valence-corrected chi connectivity index (χ3v) is 11.8. The summed E-state index contributed by atoms with van der Waals surface area (Å²) in [5.41, 5.74) is 8.91. The van der Waals surface area contributed by atoms with E-state index in [1.807, 2.05) is 20.8 Å². The summed E-state index contributed by atoms with van der Waals surface area (Å²) in [6, 6.07) is 25.6. The predicted octanol–water partition coefficient (Wildman–Crippen LogP) is 16.4. The van der Waals surface area contributed by atoms with Crippen LogP contribution < -0.4 is 0 Å². The standard InChI is InChI=1S/C36H24N4S4.C6H12.C3H6.C2H6.CH4S/c1-21-3-7-23(8-4-21)11-13-33-37-25-17-31-27(19-29(25)41-33)39-35(43-31)15-16-36-40-28-20-30-26(18-32(28)44-36)38-34(42-30)14-12-24-9-5-22(2)6-10-24;1-3-5-6-4-2;1-3-2;2*1-2/h3-20H,1-2H3;5-6H,3-4H2,1-2H3;3H,1H2,2H3;1-2H3;2H,1H3/b13-11+,14-12+,16-15+;6-5-;;;. The number of thiazole rings is 4. The zero-order chi connectivity index (χ0) is 41.2. The van der Waals surface area contributed by atoms with Crippen molar-refractivity contribution in [1.82, 2.24) is 19.9 Å². The van der Waals surface area contributed by atoms with Gasteiger partial charge in [-0.25, -0.2) is 19.9 Å². The van der Waals surface area contributed by atoms with Crippen LogP contribution in [0.1, 0.15) is 89.7 Å². The number of fused-ring (bicyclic) bond motifs is 4. The molecule has 0 spiro atoms. The lowest BCUT2D eigenvalue weighted by molar-refractivity contribution is 1.16. The van der Waals surface area contributed by atoms with Crippen LogP contribution in [0, 0.1) is 13.8 Å². The van der Waals surface area contributed by atoms with Crippen LogP contribution in [-0.4, -0.2) is 26.2 Å². The summed E-state index contributed by atoms with van der Waals surface area (Å²) >= 11 is 10.3. The SMILES string of the molecule is C=CC.CC.CC/C=C\CC.CS.Cc1ccc(/C=C/c2nc3cc4sc(/C=C/c5nc6cc7sc(/C=C/c8ccc(C)cc8)nc7cc6s5)nc4cc3s2)cc1. The summed E-state index contributed by atoms with van der Waals surface area (Å²) in [4.78, 5) is 19.5. The number of hydrogen-bond donors (Lipinski definition) is 1. The van der Waals surface area contributed by atoms with Crippen LogP contribution in [0.15, 0.2) is 97.6 Å². The Balaban J connectivity index is 0.000000491. The summed E-state index contributed by atoms with van der Waals surface area (Å²) < 4.78 is 4.57. The van der Waals surface area contributed by atoms with E-state index >= 15 is 0 Å². The lowest BCUT2D eigenvalue weighted by Gasteiger charge is -1.93. The third kappa shape index (κ3) is 13.3. The Hall–Kier alpha value is -4.51. The van der Waals surface area contributed by atoms with E-state index in [1.165, 1.54) is 35.1 Å². The average Bonchev–Trinajstić information content (AvgIpc) is 4.02. The lowest BCUT2D eigenvalue weighted by Crippen LogP contribution is -1.74. The van der Waals surface area contributed by atoms with Crippen molar-refractivity contribution in [3.8, 4) is 0 Å². The summed E-state index contributed by atoms with van der Waals surface area (Å²) in [6.45, 7) is 17.7. The molecule has 0 amide bonds. The average molecular weight is 845 g/mol. The molecule has 0 radical (unpaired) electrons. The van der Waals surface area contributed by atoms with Crippen molar-refractivity contribution in [2.45, 2.75) is 61.3 Å². The Morgan fingerprint density at radius 1 is 0.491 bits per heavy atom. The minimum atomic E-state index is 0.962. The van der Waals surface area contributed by atoms with Gasteiger partial charge in [-0.3, -0.25) is 0 Å². The molecule has 0 bridgehead atoms. The van der Waals surface area contributed by atoms with Gasteiger partial charge in [-0.05, 0) is 99.6 Å². The molecule has 0 saturated carbocycles. The Morgan fingerprint density at radius 3 is 0.982 bits per heavy atom. The largest absolute Gasteiger partial charge is 0.237 e. The van der Waals surface area contributed by atoms with Crippen molar-refractivity contribution in [1.29, 1.82) is 0 Å². The molecule has 0 aliphatic heterocycles. The van der Waals surface area contributed by atoms with Gasteiger partial charge in [-0.1, -0.05) is 118 Å². The molecule has 9 heteroatoms. The third-order valence-electron chi connectivity index (χ3n) is 7.86. The summed E-state index contributed by atoms with van der Waals surface area (Å²) in [5.74, 6) is 0. The fourth-order valence-electron chi connectivity index (χ4n) is 5.22. The molecule has 0 saturated heterocycles. The number of aryl methyl sites for hydroxylation is 2. The minimum absolute atomic E-state index is 0.962. The van der Waals surface area contributed by atoms with Crippen LogP contribution in [0.25, 0.3) is 77.3 Å². The Morgan fingerprint density at radius 2 is 0.737 bits per heavy atom. The van der Waals surface area contributed by atoms with Gasteiger partial charge in [0.15, 0.2) is 0 Å². The second-order valence-corrected chi connectivity index (χ2v) is 16.6. The molecular weight excluding hydrogens is 793 g/mol. The second-order valence-electron chi connectivity index (χ2n) is 12.3. The molecule has 0 atom stereocenters. The molecule has 0 unspecified atom stereocenters. The monoisotopic (exact) mass is 844 g/mol. The van der Waals surface area contributed by atoms with Gasteiger partial charge >= 0.3 is 0 Å². The van der Waals surface area contributed by atoms with E-state index in [-0.39, 0.29) is 0 Å². The quantitative estimate of drug-likeness (QED) is 0.122. The van der Waals surface area contributed by atoms with Gasteiger partial charge in [0, 0.05) is 0 Å². The van der Waals surface area contributed by atoms with Crippen molar-refractivity contribution >= 4 is 135 Å². The lowest BCUT2D eigenvalue weighted by atomic mass is 10.1. The van der Waals surface area contributed by atoms with Gasteiger partial charge in [0.2, 0.25) is 0 Å². The normalized spacial score (nSPS) is 11.2. The van der Waals surface area contributed by atoms with E-state index in [4.69, 9.17) is 19.9 Å². The molecule has 0 N–H and O–H groups in total. The molecule has 4 heterocycles. The van der Waals surface area contributed by atoms with E-state index in [9.17, 15) is 0 Å². The smallest absolute Gasteiger partial charge is 0.117 e. The molecule has 4 aromatic carbocycles. The first-order valence-corrected chi connectivity index (χ1v) is 23.3. The Bertz CT molecular complexity index is 2300.